The van der Waals surface area contributed by atoms with Crippen LogP contribution in [0.25, 0.3) is 0 Å². The number of hydrogen-bond donors (Lipinski definition) is 1. The molecule has 0 aliphatic heterocycles. The normalized spacial score (nSPS) is 12.4. The molecule has 0 radical (unpaired) electrons. The van der Waals surface area contributed by atoms with Crippen LogP contribution >= 0.6 is 22.9 Å². The molecular formula is C16H19ClN2OS. The number of carbonyl (C=O) groups excluding carboxylic acids is 1. The quantitative estimate of drug-likeness (QED) is 0.879. The topological polar surface area (TPSA) is 32.3 Å². The summed E-state index contributed by atoms with van der Waals surface area (Å²) in [5, 5.41) is 5.67. The molecule has 1 unspecified atom stereocenters. The smallest absolute Gasteiger partial charge is 0.234 e. The maximum atomic E-state index is 12.0. The van der Waals surface area contributed by atoms with Gasteiger partial charge in [-0.2, -0.15) is 0 Å². The van der Waals surface area contributed by atoms with Crippen LogP contribution in [-0.2, 0) is 11.3 Å². The summed E-state index contributed by atoms with van der Waals surface area (Å²) in [7, 11) is 1.93. The number of benzene rings is 1. The molecule has 1 heterocycles. The highest BCUT2D eigenvalue weighted by atomic mass is 35.5. The molecule has 0 saturated heterocycles. The fraction of sp³-hybridized carbons (Fsp3) is 0.312. The number of amides is 1. The number of thiophene rings is 1. The summed E-state index contributed by atoms with van der Waals surface area (Å²) in [6, 6.07) is 11.8. The molecule has 0 spiro atoms. The van der Waals surface area contributed by atoms with Crippen LogP contribution in [-0.4, -0.2) is 24.4 Å². The summed E-state index contributed by atoms with van der Waals surface area (Å²) in [6.07, 6.45) is 0. The van der Waals surface area contributed by atoms with Gasteiger partial charge in [-0.15, -0.1) is 11.3 Å². The van der Waals surface area contributed by atoms with E-state index in [0.717, 1.165) is 15.5 Å². The van der Waals surface area contributed by atoms with Gasteiger partial charge in [0, 0.05) is 15.9 Å². The van der Waals surface area contributed by atoms with E-state index in [1.165, 1.54) is 0 Å². The highest BCUT2D eigenvalue weighted by Gasteiger charge is 2.16. The van der Waals surface area contributed by atoms with Crippen molar-refractivity contribution in [3.63, 3.8) is 0 Å². The lowest BCUT2D eigenvalue weighted by molar-refractivity contribution is -0.122. The van der Waals surface area contributed by atoms with Crippen molar-refractivity contribution in [3.8, 4) is 0 Å². The molecule has 0 aliphatic carbocycles. The van der Waals surface area contributed by atoms with Crippen LogP contribution in [0.15, 0.2) is 41.8 Å². The van der Waals surface area contributed by atoms with Crippen LogP contribution in [0, 0.1) is 0 Å². The molecule has 21 heavy (non-hydrogen) atoms. The van der Waals surface area contributed by atoms with Crippen LogP contribution in [0.5, 0.6) is 0 Å². The molecule has 1 atom stereocenters. The first-order chi connectivity index (χ1) is 10.1. The van der Waals surface area contributed by atoms with Gasteiger partial charge < -0.3 is 5.32 Å². The molecule has 2 rings (SSSR count). The van der Waals surface area contributed by atoms with Crippen molar-refractivity contribution in [1.82, 2.24) is 10.2 Å². The molecule has 0 bridgehead atoms. The third-order valence-electron chi connectivity index (χ3n) is 3.45. The van der Waals surface area contributed by atoms with Gasteiger partial charge in [0.15, 0.2) is 0 Å². The van der Waals surface area contributed by atoms with Gasteiger partial charge in [0.25, 0.3) is 0 Å². The van der Waals surface area contributed by atoms with E-state index < -0.39 is 0 Å². The maximum absolute atomic E-state index is 12.0. The predicted octanol–water partition coefficient (Wildman–Crippen LogP) is 3.71. The molecule has 5 heteroatoms. The highest BCUT2D eigenvalue weighted by molar-refractivity contribution is 7.09. The second-order valence-corrected chi connectivity index (χ2v) is 6.41. The number of halogens is 1. The second-order valence-electron chi connectivity index (χ2n) is 4.97. The van der Waals surface area contributed by atoms with Gasteiger partial charge in [-0.25, -0.2) is 0 Å². The summed E-state index contributed by atoms with van der Waals surface area (Å²) < 4.78 is 0. The number of nitrogens with one attached hydrogen (secondary N) is 1. The van der Waals surface area contributed by atoms with Gasteiger partial charge in [-0.3, -0.25) is 9.69 Å². The molecule has 1 aromatic heterocycles. The zero-order chi connectivity index (χ0) is 15.2. The minimum absolute atomic E-state index is 0.0183. The van der Waals surface area contributed by atoms with Gasteiger partial charge in [0.1, 0.15) is 0 Å². The minimum atomic E-state index is 0.0183. The average Bonchev–Trinajstić information content (AvgIpc) is 2.98. The Morgan fingerprint density at radius 2 is 2.10 bits per heavy atom. The number of hydrogen-bond acceptors (Lipinski definition) is 3. The molecule has 1 N–H and O–H groups in total. The van der Waals surface area contributed by atoms with E-state index in [-0.39, 0.29) is 11.9 Å². The van der Waals surface area contributed by atoms with Gasteiger partial charge >= 0.3 is 0 Å². The molecule has 1 amide bonds. The summed E-state index contributed by atoms with van der Waals surface area (Å²) in [5.41, 5.74) is 1.03. The first kappa shape index (κ1) is 16.0. The number of likely N-dealkylation sites (N-methyl/N-ethyl adjacent to an activating group) is 1. The minimum Gasteiger partial charge on any atom is -0.350 e. The van der Waals surface area contributed by atoms with Crippen molar-refractivity contribution in [2.75, 3.05) is 13.6 Å². The third kappa shape index (κ3) is 4.56. The van der Waals surface area contributed by atoms with Crippen molar-refractivity contribution in [1.29, 1.82) is 0 Å². The molecule has 0 aliphatic rings. The van der Waals surface area contributed by atoms with Crippen molar-refractivity contribution in [3.05, 3.63) is 57.2 Å². The Labute approximate surface area is 134 Å². The van der Waals surface area contributed by atoms with Gasteiger partial charge in [0.05, 0.1) is 13.1 Å². The summed E-state index contributed by atoms with van der Waals surface area (Å²) >= 11 is 7.85. The Kier molecular flexibility index (Phi) is 5.79. The Morgan fingerprint density at radius 1 is 1.33 bits per heavy atom. The van der Waals surface area contributed by atoms with E-state index in [1.807, 2.05) is 60.6 Å². The van der Waals surface area contributed by atoms with E-state index in [2.05, 4.69) is 5.32 Å². The zero-order valence-electron chi connectivity index (χ0n) is 12.2. The number of rotatable bonds is 6. The van der Waals surface area contributed by atoms with Gasteiger partial charge in [-0.05, 0) is 37.0 Å². The molecule has 2 aromatic rings. The van der Waals surface area contributed by atoms with Crippen LogP contribution < -0.4 is 5.32 Å². The number of carbonyl (C=O) groups is 1. The standard InChI is InChI=1S/C16H19ClN2OS/c1-12(14-7-3-4-8-15(14)17)19(2)11-16(20)18-10-13-6-5-9-21-13/h3-9,12H,10-11H2,1-2H3,(H,18,20). The molecular weight excluding hydrogens is 304 g/mol. The largest absolute Gasteiger partial charge is 0.350 e. The zero-order valence-corrected chi connectivity index (χ0v) is 13.7. The first-order valence-electron chi connectivity index (χ1n) is 6.81. The van der Waals surface area contributed by atoms with Gasteiger partial charge in [0.2, 0.25) is 5.91 Å². The monoisotopic (exact) mass is 322 g/mol. The fourth-order valence-corrected chi connectivity index (χ4v) is 3.01. The molecule has 0 saturated carbocycles. The molecule has 3 nitrogen and oxygen atoms in total. The Balaban J connectivity index is 1.87. The van der Waals surface area contributed by atoms with E-state index in [1.54, 1.807) is 11.3 Å². The predicted molar refractivity (Wildman–Crippen MR) is 88.7 cm³/mol. The highest BCUT2D eigenvalue weighted by Crippen LogP contribution is 2.25. The van der Waals surface area contributed by atoms with E-state index in [9.17, 15) is 4.79 Å². The lowest BCUT2D eigenvalue weighted by atomic mass is 10.1. The van der Waals surface area contributed by atoms with Crippen LogP contribution in [0.1, 0.15) is 23.4 Å². The maximum Gasteiger partial charge on any atom is 0.234 e. The Morgan fingerprint density at radius 3 is 2.76 bits per heavy atom. The SMILES string of the molecule is CC(c1ccccc1Cl)N(C)CC(=O)NCc1cccs1. The number of nitrogens with zero attached hydrogens (tertiary/aromatic N) is 1. The van der Waals surface area contributed by atoms with Crippen LogP contribution in [0.2, 0.25) is 5.02 Å². The Hall–Kier alpha value is -1.36. The van der Waals surface area contributed by atoms with E-state index in [4.69, 9.17) is 11.6 Å². The van der Waals surface area contributed by atoms with Crippen molar-refractivity contribution < 1.29 is 4.79 Å². The van der Waals surface area contributed by atoms with E-state index >= 15 is 0 Å². The Bertz CT molecular complexity index is 586. The third-order valence-corrected chi connectivity index (χ3v) is 4.67. The van der Waals surface area contributed by atoms with Gasteiger partial charge in [-0.1, -0.05) is 35.9 Å². The van der Waals surface area contributed by atoms with Crippen LogP contribution in [0.3, 0.4) is 0 Å². The van der Waals surface area contributed by atoms with Crippen molar-refractivity contribution in [2.24, 2.45) is 0 Å². The average molecular weight is 323 g/mol. The fourth-order valence-electron chi connectivity index (χ4n) is 2.07. The summed E-state index contributed by atoms with van der Waals surface area (Å²) in [6.45, 7) is 2.98. The summed E-state index contributed by atoms with van der Waals surface area (Å²) in [4.78, 5) is 15.1. The van der Waals surface area contributed by atoms with Crippen LogP contribution in [0.4, 0.5) is 0 Å². The summed E-state index contributed by atoms with van der Waals surface area (Å²) in [5.74, 6) is 0.0183. The molecule has 112 valence electrons. The van der Waals surface area contributed by atoms with Crippen molar-refractivity contribution in [2.45, 2.75) is 19.5 Å². The molecule has 1 aromatic carbocycles. The first-order valence-corrected chi connectivity index (χ1v) is 8.07. The molecule has 0 fully saturated rings. The van der Waals surface area contributed by atoms with Crippen molar-refractivity contribution >= 4 is 28.8 Å². The van der Waals surface area contributed by atoms with E-state index in [0.29, 0.717) is 13.1 Å². The lowest BCUT2D eigenvalue weighted by Crippen LogP contribution is -2.36. The second kappa shape index (κ2) is 7.59. The lowest BCUT2D eigenvalue weighted by Gasteiger charge is -2.25.